The number of alkyl halides is 2. The number of hydrogen-bond acceptors (Lipinski definition) is 4. The maximum absolute atomic E-state index is 14.0. The monoisotopic (exact) mass is 335 g/mol. The summed E-state index contributed by atoms with van der Waals surface area (Å²) in [5.74, 6) is -0.970. The molecule has 0 aliphatic carbocycles. The van der Waals surface area contributed by atoms with Gasteiger partial charge in [0.05, 0.1) is 19.0 Å². The summed E-state index contributed by atoms with van der Waals surface area (Å²) in [6.45, 7) is 4.59. The number of hydrogen-bond donors (Lipinski definition) is 0. The predicted octanol–water partition coefficient (Wildman–Crippen LogP) is 4.11. The van der Waals surface area contributed by atoms with Crippen LogP contribution in [0.1, 0.15) is 43.4 Å². The van der Waals surface area contributed by atoms with Gasteiger partial charge in [-0.25, -0.2) is 14.8 Å². The number of imidazole rings is 1. The maximum atomic E-state index is 14.0. The highest BCUT2D eigenvalue weighted by molar-refractivity contribution is 5.88. The second kappa shape index (κ2) is 6.90. The van der Waals surface area contributed by atoms with E-state index in [0.717, 1.165) is 25.3 Å². The van der Waals surface area contributed by atoms with E-state index in [9.17, 15) is 13.6 Å². The van der Waals surface area contributed by atoms with Crippen molar-refractivity contribution < 1.29 is 18.3 Å². The Kier molecular flexibility index (Phi) is 5.11. The quantitative estimate of drug-likeness (QED) is 0.772. The van der Waals surface area contributed by atoms with Gasteiger partial charge in [0.15, 0.2) is 11.5 Å². The molecule has 0 unspecified atom stereocenters. The lowest BCUT2D eigenvalue weighted by Gasteiger charge is -2.17. The highest BCUT2D eigenvalue weighted by Crippen LogP contribution is 2.30. The third-order valence-corrected chi connectivity index (χ3v) is 3.44. The third-order valence-electron chi connectivity index (χ3n) is 3.44. The predicted molar refractivity (Wildman–Crippen MR) is 86.6 cm³/mol. The third kappa shape index (κ3) is 3.50. The molecule has 2 heterocycles. The lowest BCUT2D eigenvalue weighted by atomic mass is 10.1. The van der Waals surface area contributed by atoms with Crippen molar-refractivity contribution >= 4 is 11.5 Å². The lowest BCUT2D eigenvalue weighted by molar-refractivity contribution is -0.0619. The number of nitrogens with zero attached hydrogens (tertiary/aromatic N) is 3. The molecule has 0 N–H and O–H groups in total. The molecule has 0 bridgehead atoms. The summed E-state index contributed by atoms with van der Waals surface area (Å²) < 4.78 is 33.2. The van der Waals surface area contributed by atoms with Gasteiger partial charge in [0, 0.05) is 6.92 Å². The van der Waals surface area contributed by atoms with Crippen LogP contribution in [0.15, 0.2) is 30.5 Å². The summed E-state index contributed by atoms with van der Waals surface area (Å²) >= 11 is 0. The van der Waals surface area contributed by atoms with Crippen molar-refractivity contribution in [1.82, 2.24) is 14.5 Å². The molecule has 0 aromatic carbocycles. The standard InChI is InChI=1S/C17H19F2N3O2/c1-5-7-11(2)12-8-6-9-13(21-12)15-20-10-14(16(23)24-4)22(15)17(3,18)19/h6-10H,5H2,1-4H3. The van der Waals surface area contributed by atoms with Crippen LogP contribution in [0.4, 0.5) is 8.78 Å². The van der Waals surface area contributed by atoms with E-state index in [-0.39, 0.29) is 17.2 Å². The molecule has 0 amide bonds. The van der Waals surface area contributed by atoms with E-state index in [2.05, 4.69) is 14.7 Å². The van der Waals surface area contributed by atoms with Gasteiger partial charge in [-0.15, -0.1) is 0 Å². The van der Waals surface area contributed by atoms with Gasteiger partial charge in [0.1, 0.15) is 5.69 Å². The minimum Gasteiger partial charge on any atom is -0.464 e. The van der Waals surface area contributed by atoms with Crippen LogP contribution in [0, 0.1) is 0 Å². The molecule has 0 spiro atoms. The molecule has 2 aromatic heterocycles. The van der Waals surface area contributed by atoms with E-state index in [0.29, 0.717) is 17.2 Å². The van der Waals surface area contributed by atoms with Crippen molar-refractivity contribution in [2.75, 3.05) is 7.11 Å². The van der Waals surface area contributed by atoms with Crippen molar-refractivity contribution in [1.29, 1.82) is 0 Å². The van der Waals surface area contributed by atoms with Crippen LogP contribution in [-0.4, -0.2) is 27.6 Å². The topological polar surface area (TPSA) is 57.0 Å². The molecule has 0 aliphatic heterocycles. The number of esters is 1. The van der Waals surface area contributed by atoms with Crippen LogP contribution in [0.2, 0.25) is 0 Å². The van der Waals surface area contributed by atoms with Gasteiger partial charge in [-0.05, 0) is 31.1 Å². The van der Waals surface area contributed by atoms with Crippen LogP contribution in [0.5, 0.6) is 0 Å². The Hall–Kier alpha value is -2.57. The Labute approximate surface area is 139 Å². The smallest absolute Gasteiger partial charge is 0.356 e. The highest BCUT2D eigenvalue weighted by Gasteiger charge is 2.33. The number of rotatable bonds is 5. The van der Waals surface area contributed by atoms with Crippen molar-refractivity contribution in [3.05, 3.63) is 41.9 Å². The number of allylic oxidation sites excluding steroid dienone is 2. The van der Waals surface area contributed by atoms with E-state index in [4.69, 9.17) is 0 Å². The van der Waals surface area contributed by atoms with E-state index < -0.39 is 12.0 Å². The number of aromatic nitrogens is 3. The first-order valence-electron chi connectivity index (χ1n) is 7.48. The normalized spacial score (nSPS) is 12.3. The van der Waals surface area contributed by atoms with Crippen LogP contribution in [0.25, 0.3) is 17.1 Å². The SMILES string of the molecule is CCC=C(C)c1cccc(-c2ncc(C(=O)OC)n2C(C)(F)F)n1. The Bertz CT molecular complexity index is 776. The van der Waals surface area contributed by atoms with Gasteiger partial charge in [-0.1, -0.05) is 19.1 Å². The second-order valence-corrected chi connectivity index (χ2v) is 5.34. The minimum absolute atomic E-state index is 0.0888. The number of pyridine rings is 1. The number of carbonyl (C=O) groups excluding carboxylic acids is 1. The molecule has 2 aromatic rings. The fraction of sp³-hybridized carbons (Fsp3) is 0.353. The van der Waals surface area contributed by atoms with Gasteiger partial charge < -0.3 is 4.74 Å². The fourth-order valence-corrected chi connectivity index (χ4v) is 2.37. The average molecular weight is 335 g/mol. The molecule has 7 heteroatoms. The first-order valence-corrected chi connectivity index (χ1v) is 7.48. The summed E-state index contributed by atoms with van der Waals surface area (Å²) in [6, 6.07) is 1.76. The molecule has 2 rings (SSSR count). The van der Waals surface area contributed by atoms with Gasteiger partial charge >= 0.3 is 12.0 Å². The van der Waals surface area contributed by atoms with Crippen LogP contribution >= 0.6 is 0 Å². The lowest BCUT2D eigenvalue weighted by Crippen LogP contribution is -2.24. The number of ether oxygens (including phenoxy) is 1. The first-order chi connectivity index (χ1) is 11.3. The molecular weight excluding hydrogens is 316 g/mol. The number of halogens is 2. The van der Waals surface area contributed by atoms with E-state index in [1.165, 1.54) is 0 Å². The maximum Gasteiger partial charge on any atom is 0.356 e. The minimum atomic E-state index is -3.33. The van der Waals surface area contributed by atoms with Gasteiger partial charge in [0.25, 0.3) is 0 Å². The summed E-state index contributed by atoms with van der Waals surface area (Å²) in [5.41, 5.74) is 1.54. The molecule has 24 heavy (non-hydrogen) atoms. The molecule has 5 nitrogen and oxygen atoms in total. The molecule has 128 valence electrons. The Morgan fingerprint density at radius 1 is 1.42 bits per heavy atom. The van der Waals surface area contributed by atoms with Crippen molar-refractivity contribution in [2.24, 2.45) is 0 Å². The van der Waals surface area contributed by atoms with E-state index >= 15 is 0 Å². The summed E-state index contributed by atoms with van der Waals surface area (Å²) in [4.78, 5) is 20.1. The molecular formula is C17H19F2N3O2. The molecule has 0 atom stereocenters. The zero-order valence-corrected chi connectivity index (χ0v) is 14.0. The van der Waals surface area contributed by atoms with Gasteiger partial charge in [-0.2, -0.15) is 8.78 Å². The van der Waals surface area contributed by atoms with Crippen LogP contribution in [0.3, 0.4) is 0 Å². The molecule has 0 saturated carbocycles. The van der Waals surface area contributed by atoms with E-state index in [1.54, 1.807) is 18.2 Å². The first kappa shape index (κ1) is 17.8. The second-order valence-electron chi connectivity index (χ2n) is 5.34. The Balaban J connectivity index is 2.62. The molecule has 0 radical (unpaired) electrons. The fourth-order valence-electron chi connectivity index (χ4n) is 2.37. The van der Waals surface area contributed by atoms with Crippen LogP contribution < -0.4 is 0 Å². The molecule has 0 fully saturated rings. The Morgan fingerprint density at radius 2 is 2.12 bits per heavy atom. The molecule has 0 aliphatic rings. The zero-order valence-electron chi connectivity index (χ0n) is 14.0. The van der Waals surface area contributed by atoms with Gasteiger partial charge in [0.2, 0.25) is 0 Å². The Morgan fingerprint density at radius 3 is 2.71 bits per heavy atom. The highest BCUT2D eigenvalue weighted by atomic mass is 19.3. The van der Waals surface area contributed by atoms with Crippen molar-refractivity contribution in [3.8, 4) is 11.5 Å². The van der Waals surface area contributed by atoms with Crippen molar-refractivity contribution in [2.45, 2.75) is 33.2 Å². The summed E-state index contributed by atoms with van der Waals surface area (Å²) in [7, 11) is 1.13. The van der Waals surface area contributed by atoms with E-state index in [1.807, 2.05) is 19.9 Å². The average Bonchev–Trinajstić information content (AvgIpc) is 3.00. The summed E-state index contributed by atoms with van der Waals surface area (Å²) in [6.07, 6.45) is 3.90. The largest absolute Gasteiger partial charge is 0.464 e. The summed E-state index contributed by atoms with van der Waals surface area (Å²) in [5, 5.41) is 0. The zero-order chi connectivity index (χ0) is 17.9. The number of methoxy groups -OCH3 is 1. The van der Waals surface area contributed by atoms with Crippen molar-refractivity contribution in [3.63, 3.8) is 0 Å². The molecule has 0 saturated heterocycles. The van der Waals surface area contributed by atoms with Gasteiger partial charge in [-0.3, -0.25) is 4.57 Å². The number of carbonyl (C=O) groups is 1. The van der Waals surface area contributed by atoms with Crippen LogP contribution in [-0.2, 0) is 10.8 Å².